The number of aryl methyl sites for hydroxylation is 1. The molecular weight excluding hydrogens is 392 g/mol. The lowest BCUT2D eigenvalue weighted by atomic mass is 10.1. The molecule has 140 valence electrons. The zero-order chi connectivity index (χ0) is 19.6. The van der Waals surface area contributed by atoms with Gasteiger partial charge in [-0.25, -0.2) is 9.97 Å². The van der Waals surface area contributed by atoms with Gasteiger partial charge in [-0.15, -0.1) is 11.3 Å². The molecule has 0 N–H and O–H groups in total. The second kappa shape index (κ2) is 5.69. The molecule has 0 unspecified atom stereocenters. The number of fused-ring (bicyclic) bond motifs is 2. The first kappa shape index (κ1) is 17.8. The average Bonchev–Trinajstić information content (AvgIpc) is 3.13. The van der Waals surface area contributed by atoms with Crippen LogP contribution in [0.1, 0.15) is 11.3 Å². The maximum absolute atomic E-state index is 12.9. The van der Waals surface area contributed by atoms with Crippen LogP contribution in [0.2, 0.25) is 0 Å². The van der Waals surface area contributed by atoms with Crippen LogP contribution in [-0.4, -0.2) is 14.5 Å². The van der Waals surface area contributed by atoms with Gasteiger partial charge in [0.2, 0.25) is 0 Å². The molecule has 1 aromatic carbocycles. The Morgan fingerprint density at radius 2 is 1.63 bits per heavy atom. The van der Waals surface area contributed by atoms with Crippen molar-refractivity contribution in [2.24, 2.45) is 7.05 Å². The summed E-state index contributed by atoms with van der Waals surface area (Å²) >= 11 is 1.21. The fourth-order valence-electron chi connectivity index (χ4n) is 2.77. The van der Waals surface area contributed by atoms with E-state index in [2.05, 4.69) is 9.97 Å². The minimum atomic E-state index is -4.58. The monoisotopic (exact) mass is 401 g/mol. The molecule has 0 saturated carbocycles. The lowest BCUT2D eigenvalue weighted by Crippen LogP contribution is -2.08. The molecule has 0 aliphatic rings. The lowest BCUT2D eigenvalue weighted by Gasteiger charge is -2.05. The number of aromatic nitrogens is 3. The number of thiophene rings is 1. The molecule has 3 aromatic heterocycles. The summed E-state index contributed by atoms with van der Waals surface area (Å²) < 4.78 is 79.2. The fraction of sp³-hybridized carbons (Fsp3) is 0.176. The molecule has 0 spiro atoms. The Balaban J connectivity index is 1.85. The number of hydrogen-bond donors (Lipinski definition) is 0. The van der Waals surface area contributed by atoms with E-state index >= 15 is 0 Å². The van der Waals surface area contributed by atoms with Crippen molar-refractivity contribution in [1.29, 1.82) is 0 Å². The van der Waals surface area contributed by atoms with Gasteiger partial charge >= 0.3 is 12.4 Å². The molecule has 27 heavy (non-hydrogen) atoms. The SMILES string of the molecule is Cn1c(-c2cc3cc(C(F)(F)F)ccc3s2)nc2ccc(C(F)(F)F)nc21. The second-order valence-corrected chi connectivity index (χ2v) is 6.98. The van der Waals surface area contributed by atoms with Crippen molar-refractivity contribution in [3.05, 3.63) is 47.7 Å². The van der Waals surface area contributed by atoms with Crippen molar-refractivity contribution < 1.29 is 26.3 Å². The molecule has 3 heterocycles. The molecule has 4 rings (SSSR count). The minimum Gasteiger partial charge on any atom is -0.311 e. The topological polar surface area (TPSA) is 30.7 Å². The van der Waals surface area contributed by atoms with E-state index in [4.69, 9.17) is 0 Å². The highest BCUT2D eigenvalue weighted by Crippen LogP contribution is 2.38. The number of benzene rings is 1. The van der Waals surface area contributed by atoms with Gasteiger partial charge in [0.05, 0.1) is 10.4 Å². The summed E-state index contributed by atoms with van der Waals surface area (Å²) in [5.74, 6) is 0.339. The van der Waals surface area contributed by atoms with Crippen molar-refractivity contribution in [2.75, 3.05) is 0 Å². The number of imidazole rings is 1. The summed E-state index contributed by atoms with van der Waals surface area (Å²) in [5, 5.41) is 0.390. The Bertz CT molecular complexity index is 1170. The first-order chi connectivity index (χ1) is 12.5. The summed E-state index contributed by atoms with van der Waals surface area (Å²) in [6.07, 6.45) is -9.03. The van der Waals surface area contributed by atoms with Crippen LogP contribution in [0.15, 0.2) is 36.4 Å². The number of halogens is 6. The van der Waals surface area contributed by atoms with Gasteiger partial charge < -0.3 is 4.57 Å². The Kier molecular flexibility index (Phi) is 3.74. The molecule has 0 aliphatic carbocycles. The Morgan fingerprint density at radius 1 is 0.889 bits per heavy atom. The van der Waals surface area contributed by atoms with E-state index in [0.29, 0.717) is 20.8 Å². The average molecular weight is 401 g/mol. The number of nitrogens with zero attached hydrogens (tertiary/aromatic N) is 3. The van der Waals surface area contributed by atoms with E-state index < -0.39 is 23.6 Å². The van der Waals surface area contributed by atoms with E-state index in [-0.39, 0.29) is 11.2 Å². The molecule has 0 aliphatic heterocycles. The molecule has 0 radical (unpaired) electrons. The highest BCUT2D eigenvalue weighted by Gasteiger charge is 2.33. The highest BCUT2D eigenvalue weighted by molar-refractivity contribution is 7.22. The van der Waals surface area contributed by atoms with Crippen LogP contribution < -0.4 is 0 Å². The zero-order valence-corrected chi connectivity index (χ0v) is 14.3. The summed E-state index contributed by atoms with van der Waals surface area (Å²) in [4.78, 5) is 8.46. The molecule has 0 amide bonds. The molecule has 0 saturated heterocycles. The quantitative estimate of drug-likeness (QED) is 0.373. The molecule has 0 bridgehead atoms. The Labute approximate surface area is 151 Å². The van der Waals surface area contributed by atoms with Gasteiger partial charge in [-0.05, 0) is 41.8 Å². The first-order valence-electron chi connectivity index (χ1n) is 7.56. The summed E-state index contributed by atoms with van der Waals surface area (Å²) in [6, 6.07) is 7.02. The van der Waals surface area contributed by atoms with Crippen molar-refractivity contribution in [3.8, 4) is 10.7 Å². The number of alkyl halides is 6. The van der Waals surface area contributed by atoms with Gasteiger partial charge in [0.1, 0.15) is 11.2 Å². The molecule has 4 aromatic rings. The molecular formula is C17H9F6N3S. The van der Waals surface area contributed by atoms with Gasteiger partial charge in [-0.3, -0.25) is 0 Å². The van der Waals surface area contributed by atoms with E-state index in [1.54, 1.807) is 6.07 Å². The van der Waals surface area contributed by atoms with Gasteiger partial charge in [0, 0.05) is 11.7 Å². The Morgan fingerprint density at radius 3 is 2.30 bits per heavy atom. The number of hydrogen-bond acceptors (Lipinski definition) is 3. The Hall–Kier alpha value is -2.62. The minimum absolute atomic E-state index is 0.0493. The normalized spacial score (nSPS) is 13.0. The van der Waals surface area contributed by atoms with E-state index in [1.807, 2.05) is 0 Å². The highest BCUT2D eigenvalue weighted by atomic mass is 32.1. The third-order valence-electron chi connectivity index (χ3n) is 4.07. The summed E-state index contributed by atoms with van der Waals surface area (Å²) in [7, 11) is 1.52. The largest absolute Gasteiger partial charge is 0.433 e. The van der Waals surface area contributed by atoms with Gasteiger partial charge in [-0.1, -0.05) is 0 Å². The number of rotatable bonds is 1. The predicted molar refractivity (Wildman–Crippen MR) is 89.3 cm³/mol. The molecule has 0 fully saturated rings. The van der Waals surface area contributed by atoms with Crippen LogP contribution in [0.25, 0.3) is 32.0 Å². The molecule has 3 nitrogen and oxygen atoms in total. The van der Waals surface area contributed by atoms with Crippen LogP contribution in [0.5, 0.6) is 0 Å². The second-order valence-electron chi connectivity index (χ2n) is 5.89. The van der Waals surface area contributed by atoms with Gasteiger partial charge in [0.25, 0.3) is 0 Å². The van der Waals surface area contributed by atoms with Crippen molar-refractivity contribution in [2.45, 2.75) is 12.4 Å². The van der Waals surface area contributed by atoms with Crippen LogP contribution in [0, 0.1) is 0 Å². The number of pyridine rings is 1. The standard InChI is InChI=1S/C17H9F6N3S/c1-26-14-10(3-5-13(25-14)17(21,22)23)24-15(26)12-7-8-6-9(16(18,19)20)2-4-11(8)27-12/h2-7H,1H3. The van der Waals surface area contributed by atoms with Crippen molar-refractivity contribution in [1.82, 2.24) is 14.5 Å². The smallest absolute Gasteiger partial charge is 0.311 e. The van der Waals surface area contributed by atoms with Crippen LogP contribution in [-0.2, 0) is 19.4 Å². The third-order valence-corrected chi connectivity index (χ3v) is 5.18. The van der Waals surface area contributed by atoms with E-state index in [0.717, 1.165) is 18.2 Å². The maximum Gasteiger partial charge on any atom is 0.433 e. The maximum atomic E-state index is 12.9. The lowest BCUT2D eigenvalue weighted by molar-refractivity contribution is -0.141. The van der Waals surface area contributed by atoms with Gasteiger partial charge in [0.15, 0.2) is 11.5 Å². The molecule has 10 heteroatoms. The summed E-state index contributed by atoms with van der Waals surface area (Å²) in [5.41, 5.74) is -1.47. The van der Waals surface area contributed by atoms with Crippen LogP contribution in [0.3, 0.4) is 0 Å². The third kappa shape index (κ3) is 3.03. The van der Waals surface area contributed by atoms with Crippen molar-refractivity contribution in [3.63, 3.8) is 0 Å². The predicted octanol–water partition coefficient (Wildman–Crippen LogP) is 5.89. The zero-order valence-electron chi connectivity index (χ0n) is 13.5. The fourth-order valence-corrected chi connectivity index (χ4v) is 3.84. The van der Waals surface area contributed by atoms with E-state index in [9.17, 15) is 26.3 Å². The molecule has 0 atom stereocenters. The van der Waals surface area contributed by atoms with Gasteiger partial charge in [-0.2, -0.15) is 26.3 Å². The first-order valence-corrected chi connectivity index (χ1v) is 8.37. The van der Waals surface area contributed by atoms with Crippen LogP contribution in [0.4, 0.5) is 26.3 Å². The summed E-state index contributed by atoms with van der Waals surface area (Å²) in [6.45, 7) is 0. The van der Waals surface area contributed by atoms with Crippen LogP contribution >= 0.6 is 11.3 Å². The van der Waals surface area contributed by atoms with E-state index in [1.165, 1.54) is 35.1 Å². The van der Waals surface area contributed by atoms with Crippen molar-refractivity contribution >= 4 is 32.6 Å².